The van der Waals surface area contributed by atoms with Crippen molar-refractivity contribution >= 4 is 34.8 Å². The summed E-state index contributed by atoms with van der Waals surface area (Å²) in [4.78, 5) is 14.0. The van der Waals surface area contributed by atoms with Crippen LogP contribution in [0.2, 0.25) is 10.0 Å². The summed E-state index contributed by atoms with van der Waals surface area (Å²) in [5.41, 5.74) is -0.209. The number of piperidine rings is 1. The van der Waals surface area contributed by atoms with Crippen LogP contribution in [-0.4, -0.2) is 41.1 Å². The molecule has 0 saturated carbocycles. The van der Waals surface area contributed by atoms with Crippen LogP contribution in [0.1, 0.15) is 19.8 Å². The minimum atomic E-state index is -0.716. The Kier molecular flexibility index (Phi) is 4.91. The molecule has 110 valence electrons. The van der Waals surface area contributed by atoms with Gasteiger partial charge in [-0.3, -0.25) is 9.69 Å². The second kappa shape index (κ2) is 6.31. The van der Waals surface area contributed by atoms with E-state index in [0.717, 1.165) is 19.4 Å². The third-order valence-electron chi connectivity index (χ3n) is 3.32. The standard InChI is InChI=1S/C14H18Cl2N2O2/c1-14(20)5-2-6-18(9-14)8-13(19)17-12-7-10(15)3-4-11(12)16/h3-4,7,20H,2,5-6,8-9H2,1H3,(H,17,19). The highest BCUT2D eigenvalue weighted by molar-refractivity contribution is 6.35. The van der Waals surface area contributed by atoms with Gasteiger partial charge in [0, 0.05) is 11.6 Å². The zero-order valence-electron chi connectivity index (χ0n) is 11.3. The predicted octanol–water partition coefficient (Wildman–Crippen LogP) is 2.78. The molecule has 6 heteroatoms. The second-order valence-corrected chi connectivity index (χ2v) is 6.33. The highest BCUT2D eigenvalue weighted by atomic mass is 35.5. The lowest BCUT2D eigenvalue weighted by Gasteiger charge is -2.36. The summed E-state index contributed by atoms with van der Waals surface area (Å²) in [5.74, 6) is -0.160. The molecular weight excluding hydrogens is 299 g/mol. The highest BCUT2D eigenvalue weighted by Gasteiger charge is 2.29. The summed E-state index contributed by atoms with van der Waals surface area (Å²) >= 11 is 11.9. The van der Waals surface area contributed by atoms with Crippen LogP contribution in [0.5, 0.6) is 0 Å². The van der Waals surface area contributed by atoms with E-state index in [1.165, 1.54) is 0 Å². The Balaban J connectivity index is 1.94. The second-order valence-electron chi connectivity index (χ2n) is 5.48. The molecule has 0 aliphatic carbocycles. The molecule has 0 aromatic heterocycles. The predicted molar refractivity (Wildman–Crippen MR) is 81.4 cm³/mol. The zero-order valence-corrected chi connectivity index (χ0v) is 12.8. The number of likely N-dealkylation sites (tertiary alicyclic amines) is 1. The minimum Gasteiger partial charge on any atom is -0.389 e. The topological polar surface area (TPSA) is 52.6 Å². The normalized spacial score (nSPS) is 23.6. The minimum absolute atomic E-state index is 0.160. The number of halogens is 2. The Morgan fingerprint density at radius 2 is 2.25 bits per heavy atom. The highest BCUT2D eigenvalue weighted by Crippen LogP contribution is 2.25. The van der Waals surface area contributed by atoms with E-state index >= 15 is 0 Å². The van der Waals surface area contributed by atoms with Gasteiger partial charge in [0.15, 0.2) is 0 Å². The first-order chi connectivity index (χ1) is 9.35. The molecule has 1 aromatic rings. The maximum absolute atomic E-state index is 12.0. The van der Waals surface area contributed by atoms with Crippen LogP contribution in [0.4, 0.5) is 5.69 Å². The van der Waals surface area contributed by atoms with Gasteiger partial charge >= 0.3 is 0 Å². The smallest absolute Gasteiger partial charge is 0.238 e. The molecule has 1 unspecified atom stereocenters. The molecule has 20 heavy (non-hydrogen) atoms. The number of benzene rings is 1. The molecule has 1 heterocycles. The number of aliphatic hydroxyl groups is 1. The SMILES string of the molecule is CC1(O)CCCN(CC(=O)Nc2cc(Cl)ccc2Cl)C1. The van der Waals surface area contributed by atoms with Gasteiger partial charge in [0.25, 0.3) is 0 Å². The Morgan fingerprint density at radius 1 is 1.50 bits per heavy atom. The Labute approximate surface area is 128 Å². The molecule has 1 amide bonds. The summed E-state index contributed by atoms with van der Waals surface area (Å²) in [5, 5.41) is 13.7. The Hall–Kier alpha value is -0.810. The lowest BCUT2D eigenvalue weighted by atomic mass is 9.95. The van der Waals surface area contributed by atoms with Gasteiger partial charge in [-0.25, -0.2) is 0 Å². The molecule has 2 N–H and O–H groups in total. The average Bonchev–Trinajstić information content (AvgIpc) is 2.32. The van der Waals surface area contributed by atoms with E-state index < -0.39 is 5.60 Å². The van der Waals surface area contributed by atoms with Crippen molar-refractivity contribution in [3.05, 3.63) is 28.2 Å². The van der Waals surface area contributed by atoms with Gasteiger partial charge < -0.3 is 10.4 Å². The van der Waals surface area contributed by atoms with Crippen LogP contribution >= 0.6 is 23.2 Å². The molecule has 1 atom stereocenters. The van der Waals surface area contributed by atoms with Crippen molar-refractivity contribution in [1.82, 2.24) is 4.90 Å². The summed E-state index contributed by atoms with van der Waals surface area (Å²) in [7, 11) is 0. The van der Waals surface area contributed by atoms with E-state index in [9.17, 15) is 9.90 Å². The molecule has 1 fully saturated rings. The zero-order chi connectivity index (χ0) is 14.8. The summed E-state index contributed by atoms with van der Waals surface area (Å²) in [6.07, 6.45) is 1.66. The first-order valence-electron chi connectivity index (χ1n) is 6.55. The van der Waals surface area contributed by atoms with E-state index in [1.54, 1.807) is 25.1 Å². The number of nitrogens with one attached hydrogen (secondary N) is 1. The lowest BCUT2D eigenvalue weighted by Crippen LogP contribution is -2.48. The molecule has 0 spiro atoms. The molecule has 1 saturated heterocycles. The quantitative estimate of drug-likeness (QED) is 0.901. The molecule has 0 radical (unpaired) electrons. The van der Waals surface area contributed by atoms with Crippen LogP contribution in [0, 0.1) is 0 Å². The summed E-state index contributed by atoms with van der Waals surface area (Å²) < 4.78 is 0. The van der Waals surface area contributed by atoms with Crippen molar-refractivity contribution in [3.63, 3.8) is 0 Å². The molecule has 2 rings (SSSR count). The van der Waals surface area contributed by atoms with Crippen LogP contribution < -0.4 is 5.32 Å². The number of hydrogen-bond acceptors (Lipinski definition) is 3. The average molecular weight is 317 g/mol. The van der Waals surface area contributed by atoms with Crippen LogP contribution in [-0.2, 0) is 4.79 Å². The van der Waals surface area contributed by atoms with Crippen LogP contribution in [0.3, 0.4) is 0 Å². The van der Waals surface area contributed by atoms with Crippen LogP contribution in [0.25, 0.3) is 0 Å². The molecule has 4 nitrogen and oxygen atoms in total. The van der Waals surface area contributed by atoms with Crippen molar-refractivity contribution in [1.29, 1.82) is 0 Å². The third-order valence-corrected chi connectivity index (χ3v) is 3.89. The lowest BCUT2D eigenvalue weighted by molar-refractivity contribution is -0.118. The molecule has 0 bridgehead atoms. The third kappa shape index (κ3) is 4.35. The maximum Gasteiger partial charge on any atom is 0.238 e. The number of rotatable bonds is 3. The van der Waals surface area contributed by atoms with Crippen molar-refractivity contribution in [2.45, 2.75) is 25.4 Å². The van der Waals surface area contributed by atoms with E-state index in [0.29, 0.717) is 22.3 Å². The summed E-state index contributed by atoms with van der Waals surface area (Å²) in [6.45, 7) is 3.35. The maximum atomic E-state index is 12.0. The van der Waals surface area contributed by atoms with Gasteiger partial charge in [0.05, 0.1) is 22.9 Å². The van der Waals surface area contributed by atoms with E-state index in [1.807, 2.05) is 4.90 Å². The van der Waals surface area contributed by atoms with E-state index in [2.05, 4.69) is 5.32 Å². The fourth-order valence-electron chi connectivity index (χ4n) is 2.44. The van der Waals surface area contributed by atoms with Gasteiger partial charge in [-0.2, -0.15) is 0 Å². The Morgan fingerprint density at radius 3 is 2.95 bits per heavy atom. The fraction of sp³-hybridized carbons (Fsp3) is 0.500. The number of anilines is 1. The van der Waals surface area contributed by atoms with Gasteiger partial charge in [0.2, 0.25) is 5.91 Å². The van der Waals surface area contributed by atoms with Crippen molar-refractivity contribution in [2.24, 2.45) is 0 Å². The largest absolute Gasteiger partial charge is 0.389 e. The number of hydrogen-bond donors (Lipinski definition) is 2. The first-order valence-corrected chi connectivity index (χ1v) is 7.31. The van der Waals surface area contributed by atoms with E-state index in [4.69, 9.17) is 23.2 Å². The monoisotopic (exact) mass is 316 g/mol. The van der Waals surface area contributed by atoms with Crippen molar-refractivity contribution in [2.75, 3.05) is 25.0 Å². The number of nitrogens with zero attached hydrogens (tertiary/aromatic N) is 1. The van der Waals surface area contributed by atoms with Gasteiger partial charge in [0.1, 0.15) is 0 Å². The number of amides is 1. The number of carbonyl (C=O) groups is 1. The fourth-order valence-corrected chi connectivity index (χ4v) is 2.78. The van der Waals surface area contributed by atoms with Gasteiger partial charge in [-0.05, 0) is 44.5 Å². The molecular formula is C14H18Cl2N2O2. The van der Waals surface area contributed by atoms with Crippen molar-refractivity contribution in [3.8, 4) is 0 Å². The molecule has 1 aliphatic heterocycles. The summed E-state index contributed by atoms with van der Waals surface area (Å²) in [6, 6.07) is 4.93. The number of β-amino-alcohol motifs (C(OH)–C–C–N with tert-alkyl or cyclic N) is 1. The Bertz CT molecular complexity index is 506. The first kappa shape index (κ1) is 15.6. The van der Waals surface area contributed by atoms with E-state index in [-0.39, 0.29) is 12.5 Å². The molecule has 1 aliphatic rings. The van der Waals surface area contributed by atoms with Gasteiger partial charge in [-0.15, -0.1) is 0 Å². The van der Waals surface area contributed by atoms with Crippen molar-refractivity contribution < 1.29 is 9.90 Å². The number of carbonyl (C=O) groups excluding carboxylic acids is 1. The van der Waals surface area contributed by atoms with Crippen LogP contribution in [0.15, 0.2) is 18.2 Å². The molecule has 1 aromatic carbocycles. The van der Waals surface area contributed by atoms with Gasteiger partial charge in [-0.1, -0.05) is 23.2 Å².